The van der Waals surface area contributed by atoms with E-state index in [0.717, 1.165) is 11.3 Å². The van der Waals surface area contributed by atoms with Crippen LogP contribution in [0.2, 0.25) is 5.02 Å². The molecule has 0 unspecified atom stereocenters. The highest BCUT2D eigenvalue weighted by molar-refractivity contribution is 6.30. The lowest BCUT2D eigenvalue weighted by Gasteiger charge is -2.17. The van der Waals surface area contributed by atoms with Gasteiger partial charge in [-0.2, -0.15) is 0 Å². The Balaban J connectivity index is 1.66. The number of aliphatic hydroxyl groups excluding tert-OH is 1. The van der Waals surface area contributed by atoms with Crippen LogP contribution >= 0.6 is 11.6 Å². The summed E-state index contributed by atoms with van der Waals surface area (Å²) in [6, 6.07) is 11.2. The molecule has 0 saturated carbocycles. The third kappa shape index (κ3) is 5.52. The van der Waals surface area contributed by atoms with Gasteiger partial charge in [-0.05, 0) is 36.8 Å². The van der Waals surface area contributed by atoms with E-state index in [0.29, 0.717) is 18.1 Å². The largest absolute Gasteiger partial charge is 0.468 e. The van der Waals surface area contributed by atoms with E-state index in [1.165, 1.54) is 0 Å². The second-order valence-corrected chi connectivity index (χ2v) is 5.33. The van der Waals surface area contributed by atoms with E-state index in [1.807, 2.05) is 43.3 Å². The molecule has 0 saturated heterocycles. The summed E-state index contributed by atoms with van der Waals surface area (Å²) in [4.78, 5) is 0. The maximum absolute atomic E-state index is 9.88. The van der Waals surface area contributed by atoms with E-state index >= 15 is 0 Å². The zero-order chi connectivity index (χ0) is 15.1. The van der Waals surface area contributed by atoms with Crippen LogP contribution in [0.5, 0.6) is 0 Å². The van der Waals surface area contributed by atoms with Crippen LogP contribution < -0.4 is 5.32 Å². The van der Waals surface area contributed by atoms with Gasteiger partial charge in [0.1, 0.15) is 5.76 Å². The van der Waals surface area contributed by atoms with Gasteiger partial charge in [0.05, 0.1) is 31.6 Å². The highest BCUT2D eigenvalue weighted by Crippen LogP contribution is 2.19. The molecule has 5 heteroatoms. The Labute approximate surface area is 129 Å². The van der Waals surface area contributed by atoms with Crippen molar-refractivity contribution in [3.8, 4) is 0 Å². The van der Waals surface area contributed by atoms with Gasteiger partial charge in [-0.1, -0.05) is 23.7 Å². The SMILES string of the molecule is C[C@@H](OC[C@@H](O)CNCc1ccco1)c1ccc(Cl)cc1. The molecular formula is C16H20ClNO3. The Morgan fingerprint density at radius 1 is 1.29 bits per heavy atom. The summed E-state index contributed by atoms with van der Waals surface area (Å²) >= 11 is 5.85. The molecule has 2 aromatic rings. The van der Waals surface area contributed by atoms with Gasteiger partial charge in [-0.25, -0.2) is 0 Å². The van der Waals surface area contributed by atoms with E-state index in [9.17, 15) is 5.11 Å². The van der Waals surface area contributed by atoms with E-state index in [4.69, 9.17) is 20.8 Å². The number of rotatable bonds is 8. The smallest absolute Gasteiger partial charge is 0.117 e. The molecule has 2 atom stereocenters. The van der Waals surface area contributed by atoms with Crippen LogP contribution in [0.4, 0.5) is 0 Å². The van der Waals surface area contributed by atoms with Crippen molar-refractivity contribution in [1.29, 1.82) is 0 Å². The number of furan rings is 1. The van der Waals surface area contributed by atoms with E-state index < -0.39 is 6.10 Å². The van der Waals surface area contributed by atoms with Crippen LogP contribution in [0.1, 0.15) is 24.4 Å². The van der Waals surface area contributed by atoms with Gasteiger partial charge in [-0.3, -0.25) is 0 Å². The Hall–Kier alpha value is -1.33. The van der Waals surface area contributed by atoms with Gasteiger partial charge in [0.15, 0.2) is 0 Å². The molecule has 0 aliphatic heterocycles. The molecule has 2 N–H and O–H groups in total. The zero-order valence-corrected chi connectivity index (χ0v) is 12.7. The molecule has 114 valence electrons. The average Bonchev–Trinajstić information content (AvgIpc) is 2.99. The summed E-state index contributed by atoms with van der Waals surface area (Å²) in [6.07, 6.45) is 0.987. The molecule has 21 heavy (non-hydrogen) atoms. The van der Waals surface area contributed by atoms with Crippen LogP contribution in [-0.2, 0) is 11.3 Å². The van der Waals surface area contributed by atoms with Gasteiger partial charge in [0, 0.05) is 11.6 Å². The van der Waals surface area contributed by atoms with E-state index in [-0.39, 0.29) is 12.7 Å². The van der Waals surface area contributed by atoms with Crippen molar-refractivity contribution in [3.63, 3.8) is 0 Å². The molecule has 0 bridgehead atoms. The van der Waals surface area contributed by atoms with Crippen molar-refractivity contribution in [2.75, 3.05) is 13.2 Å². The summed E-state index contributed by atoms with van der Waals surface area (Å²) in [5, 5.41) is 13.7. The fraction of sp³-hybridized carbons (Fsp3) is 0.375. The maximum Gasteiger partial charge on any atom is 0.117 e. The fourth-order valence-corrected chi connectivity index (χ4v) is 2.05. The van der Waals surface area contributed by atoms with Crippen molar-refractivity contribution in [2.45, 2.75) is 25.7 Å². The standard InChI is InChI=1S/C16H20ClNO3/c1-12(13-4-6-14(17)7-5-13)21-11-15(19)9-18-10-16-3-2-8-20-16/h2-8,12,15,18-19H,9-11H2,1H3/t12-,15+/m1/s1. The molecule has 1 heterocycles. The lowest BCUT2D eigenvalue weighted by atomic mass is 10.1. The van der Waals surface area contributed by atoms with Crippen LogP contribution in [-0.4, -0.2) is 24.4 Å². The fourth-order valence-electron chi connectivity index (χ4n) is 1.92. The van der Waals surface area contributed by atoms with Gasteiger partial charge < -0.3 is 19.6 Å². The first-order valence-corrected chi connectivity index (χ1v) is 7.31. The minimum atomic E-state index is -0.560. The van der Waals surface area contributed by atoms with Crippen LogP contribution in [0.25, 0.3) is 0 Å². The molecule has 0 radical (unpaired) electrons. The van der Waals surface area contributed by atoms with Crippen molar-refractivity contribution < 1.29 is 14.3 Å². The second-order valence-electron chi connectivity index (χ2n) is 4.89. The molecule has 2 rings (SSSR count). The van der Waals surface area contributed by atoms with Gasteiger partial charge >= 0.3 is 0 Å². The first-order chi connectivity index (χ1) is 10.1. The third-order valence-electron chi connectivity index (χ3n) is 3.14. The third-order valence-corrected chi connectivity index (χ3v) is 3.39. The molecular weight excluding hydrogens is 290 g/mol. The number of hydrogen-bond donors (Lipinski definition) is 2. The van der Waals surface area contributed by atoms with Crippen LogP contribution in [0.3, 0.4) is 0 Å². The molecule has 1 aromatic heterocycles. The van der Waals surface area contributed by atoms with E-state index in [1.54, 1.807) is 6.26 Å². The Bertz CT molecular complexity index is 513. The van der Waals surface area contributed by atoms with Crippen molar-refractivity contribution in [2.24, 2.45) is 0 Å². The minimum Gasteiger partial charge on any atom is -0.468 e. The van der Waals surface area contributed by atoms with Gasteiger partial charge in [0.25, 0.3) is 0 Å². The normalized spacial score (nSPS) is 14.0. The number of benzene rings is 1. The highest BCUT2D eigenvalue weighted by atomic mass is 35.5. The molecule has 0 aliphatic carbocycles. The van der Waals surface area contributed by atoms with Crippen molar-refractivity contribution in [1.82, 2.24) is 5.32 Å². The molecule has 1 aromatic carbocycles. The number of ether oxygens (including phenoxy) is 1. The molecule has 0 amide bonds. The summed E-state index contributed by atoms with van der Waals surface area (Å²) < 4.78 is 10.9. The average molecular weight is 310 g/mol. The predicted octanol–water partition coefficient (Wildman–Crippen LogP) is 3.16. The van der Waals surface area contributed by atoms with Gasteiger partial charge in [0.2, 0.25) is 0 Å². The first-order valence-electron chi connectivity index (χ1n) is 6.93. The van der Waals surface area contributed by atoms with Gasteiger partial charge in [-0.15, -0.1) is 0 Å². The van der Waals surface area contributed by atoms with Crippen molar-refractivity contribution in [3.05, 3.63) is 59.0 Å². The Kier molecular flexibility index (Phi) is 6.26. The zero-order valence-electron chi connectivity index (χ0n) is 12.0. The van der Waals surface area contributed by atoms with Crippen LogP contribution in [0.15, 0.2) is 47.1 Å². The number of nitrogens with one attached hydrogen (secondary N) is 1. The summed E-state index contributed by atoms with van der Waals surface area (Å²) in [5.41, 5.74) is 1.04. The summed E-state index contributed by atoms with van der Waals surface area (Å²) in [6.45, 7) is 3.27. The summed E-state index contributed by atoms with van der Waals surface area (Å²) in [5.74, 6) is 0.845. The minimum absolute atomic E-state index is 0.0815. The second kappa shape index (κ2) is 8.20. The first kappa shape index (κ1) is 16.0. The highest BCUT2D eigenvalue weighted by Gasteiger charge is 2.10. The van der Waals surface area contributed by atoms with Crippen molar-refractivity contribution >= 4 is 11.6 Å². The lowest BCUT2D eigenvalue weighted by Crippen LogP contribution is -2.30. The van der Waals surface area contributed by atoms with E-state index in [2.05, 4.69) is 5.32 Å². The Morgan fingerprint density at radius 3 is 2.71 bits per heavy atom. The monoisotopic (exact) mass is 309 g/mol. The predicted molar refractivity (Wildman–Crippen MR) is 82.2 cm³/mol. The molecule has 0 aliphatic rings. The Morgan fingerprint density at radius 2 is 2.05 bits per heavy atom. The molecule has 0 fully saturated rings. The quantitative estimate of drug-likeness (QED) is 0.786. The number of hydrogen-bond acceptors (Lipinski definition) is 4. The van der Waals surface area contributed by atoms with Crippen LogP contribution in [0, 0.1) is 0 Å². The summed E-state index contributed by atoms with van der Waals surface area (Å²) in [7, 11) is 0. The number of aliphatic hydroxyl groups is 1. The molecule has 4 nitrogen and oxygen atoms in total. The maximum atomic E-state index is 9.88. The number of halogens is 1. The topological polar surface area (TPSA) is 54.6 Å². The molecule has 0 spiro atoms. The lowest BCUT2D eigenvalue weighted by molar-refractivity contribution is -0.00223.